The summed E-state index contributed by atoms with van der Waals surface area (Å²) in [6.07, 6.45) is 0. The Morgan fingerprint density at radius 3 is 2.30 bits per heavy atom. The smallest absolute Gasteiger partial charge is 0.283 e. The molecule has 7 heteroatoms. The quantitative estimate of drug-likeness (QED) is 0.373. The third-order valence-corrected chi connectivity index (χ3v) is 3.55. The zero-order valence-electron chi connectivity index (χ0n) is 11.8. The van der Waals surface area contributed by atoms with E-state index in [1.807, 2.05) is 0 Å². The van der Waals surface area contributed by atoms with Crippen molar-refractivity contribution in [3.05, 3.63) is 75.3 Å². The van der Waals surface area contributed by atoms with Crippen LogP contribution in [-0.4, -0.2) is 27.4 Å². The number of hydrogen-bond donors (Lipinski definition) is 0. The number of hydrogen-bond acceptors (Lipinski definition) is 5. The number of amides is 2. The summed E-state index contributed by atoms with van der Waals surface area (Å²) < 4.78 is 0. The van der Waals surface area contributed by atoms with Crippen LogP contribution < -0.4 is 0 Å². The first kappa shape index (κ1) is 14.6. The molecule has 0 N–H and O–H groups in total. The Bertz CT molecular complexity index is 859. The fourth-order valence-corrected chi connectivity index (χ4v) is 2.44. The van der Waals surface area contributed by atoms with Gasteiger partial charge in [0.1, 0.15) is 0 Å². The molecule has 1 aliphatic rings. The number of nitrogens with zero attached hydrogens (tertiary/aromatic N) is 2. The van der Waals surface area contributed by atoms with Gasteiger partial charge >= 0.3 is 5.91 Å². The van der Waals surface area contributed by atoms with Gasteiger partial charge in [0.15, 0.2) is 0 Å². The molecule has 0 aliphatic carbocycles. The first-order valence-corrected chi connectivity index (χ1v) is 6.72. The maximum Gasteiger partial charge on any atom is 0.302 e. The predicted molar refractivity (Wildman–Crippen MR) is 78.7 cm³/mol. The first-order valence-electron chi connectivity index (χ1n) is 6.72. The molecule has 2 aromatic rings. The van der Waals surface area contributed by atoms with Crippen LogP contribution in [0.1, 0.15) is 26.3 Å². The normalized spacial score (nSPS) is 13.9. The summed E-state index contributed by atoms with van der Waals surface area (Å²) in [5, 5.41) is 10.8. The highest BCUT2D eigenvalue weighted by Crippen LogP contribution is 2.22. The fourth-order valence-electron chi connectivity index (χ4n) is 2.44. The zero-order valence-corrected chi connectivity index (χ0v) is 11.8. The van der Waals surface area contributed by atoms with Crippen LogP contribution >= 0.6 is 0 Å². The molecule has 0 atom stereocenters. The Kier molecular flexibility index (Phi) is 3.46. The van der Waals surface area contributed by atoms with Gasteiger partial charge in [-0.05, 0) is 11.6 Å². The van der Waals surface area contributed by atoms with Crippen molar-refractivity contribution in [1.29, 1.82) is 0 Å². The first-order chi connectivity index (χ1) is 11.0. The maximum absolute atomic E-state index is 12.4. The van der Waals surface area contributed by atoms with Gasteiger partial charge in [-0.2, -0.15) is 0 Å². The van der Waals surface area contributed by atoms with Gasteiger partial charge in [0.2, 0.25) is 0 Å². The molecule has 0 saturated heterocycles. The molecule has 0 bridgehead atoms. The topological polar surface area (TPSA) is 97.6 Å². The molecule has 3 rings (SSSR count). The highest BCUT2D eigenvalue weighted by Gasteiger charge is 2.37. The van der Waals surface area contributed by atoms with Gasteiger partial charge in [-0.3, -0.25) is 29.4 Å². The Balaban J connectivity index is 1.96. The van der Waals surface area contributed by atoms with Crippen LogP contribution in [0, 0.1) is 10.1 Å². The molecular formula is C16H10N2O5. The lowest BCUT2D eigenvalue weighted by Crippen LogP contribution is -2.45. The molecule has 2 amide bonds. The van der Waals surface area contributed by atoms with E-state index in [4.69, 9.17) is 0 Å². The van der Waals surface area contributed by atoms with Crippen molar-refractivity contribution in [2.45, 2.75) is 6.54 Å². The number of nitro benzene ring substituents is 1. The number of fused-ring (bicyclic) bond motifs is 1. The number of nitro groups is 1. The van der Waals surface area contributed by atoms with Crippen molar-refractivity contribution in [3.63, 3.8) is 0 Å². The predicted octanol–water partition coefficient (Wildman–Crippen LogP) is 1.96. The van der Waals surface area contributed by atoms with Crippen molar-refractivity contribution < 1.29 is 19.3 Å². The number of benzene rings is 2. The monoisotopic (exact) mass is 310 g/mol. The lowest BCUT2D eigenvalue weighted by atomic mass is 9.97. The average Bonchev–Trinajstić information content (AvgIpc) is 2.57. The Morgan fingerprint density at radius 1 is 0.913 bits per heavy atom. The second kappa shape index (κ2) is 5.45. The van der Waals surface area contributed by atoms with Crippen LogP contribution in [0.3, 0.4) is 0 Å². The molecule has 1 aliphatic heterocycles. The number of carbonyl (C=O) groups excluding carboxylic acids is 3. The summed E-state index contributed by atoms with van der Waals surface area (Å²) in [6, 6.07) is 11.7. The molecule has 1 heterocycles. The minimum Gasteiger partial charge on any atom is -0.283 e. The fraction of sp³-hybridized carbons (Fsp3) is 0.0625. The van der Waals surface area contributed by atoms with Crippen LogP contribution in [0.5, 0.6) is 0 Å². The van der Waals surface area contributed by atoms with Crippen molar-refractivity contribution >= 4 is 23.3 Å². The van der Waals surface area contributed by atoms with Crippen molar-refractivity contribution in [2.24, 2.45) is 0 Å². The van der Waals surface area contributed by atoms with Gasteiger partial charge < -0.3 is 0 Å². The Hall–Kier alpha value is -3.35. The molecule has 0 spiro atoms. The van der Waals surface area contributed by atoms with E-state index in [0.29, 0.717) is 5.56 Å². The van der Waals surface area contributed by atoms with E-state index in [1.165, 1.54) is 30.3 Å². The highest BCUT2D eigenvalue weighted by molar-refractivity contribution is 6.49. The van der Waals surface area contributed by atoms with E-state index in [2.05, 4.69) is 0 Å². The third-order valence-electron chi connectivity index (χ3n) is 3.55. The van der Waals surface area contributed by atoms with E-state index in [9.17, 15) is 24.5 Å². The lowest BCUT2D eigenvalue weighted by molar-refractivity contribution is -0.384. The minimum absolute atomic E-state index is 0.0813. The van der Waals surface area contributed by atoms with E-state index in [-0.39, 0.29) is 23.4 Å². The van der Waals surface area contributed by atoms with Gasteiger partial charge in [-0.25, -0.2) is 0 Å². The zero-order chi connectivity index (χ0) is 16.6. The standard InChI is InChI=1S/C16H10N2O5/c19-14-12-6-1-2-7-13(12)15(20)17(16(14)21)9-10-4-3-5-11(8-10)18(22)23/h1-8H,9H2. The van der Waals surface area contributed by atoms with Gasteiger partial charge in [0.25, 0.3) is 17.4 Å². The Morgan fingerprint density at radius 2 is 1.61 bits per heavy atom. The number of Topliss-reactive ketones (excluding diaryl/α,β-unsaturated/α-hetero) is 1. The van der Waals surface area contributed by atoms with Crippen LogP contribution in [0.2, 0.25) is 0 Å². The van der Waals surface area contributed by atoms with E-state index < -0.39 is 22.5 Å². The van der Waals surface area contributed by atoms with Crippen LogP contribution in [0.25, 0.3) is 0 Å². The van der Waals surface area contributed by atoms with Gasteiger partial charge in [0.05, 0.1) is 17.0 Å². The van der Waals surface area contributed by atoms with Gasteiger partial charge in [-0.1, -0.05) is 30.3 Å². The SMILES string of the molecule is O=C1C(=O)N(Cc2cccc([N+](=O)[O-])c2)C(=O)c2ccccc21. The molecule has 0 aromatic heterocycles. The number of carbonyl (C=O) groups is 3. The van der Waals surface area contributed by atoms with Gasteiger partial charge in [-0.15, -0.1) is 0 Å². The summed E-state index contributed by atoms with van der Waals surface area (Å²) in [6.45, 7) is -0.195. The molecule has 0 radical (unpaired) electrons. The summed E-state index contributed by atoms with van der Waals surface area (Å²) in [5.41, 5.74) is 0.486. The molecular weight excluding hydrogens is 300 g/mol. The van der Waals surface area contributed by atoms with E-state index in [0.717, 1.165) is 4.90 Å². The second-order valence-corrected chi connectivity index (χ2v) is 5.00. The number of non-ortho nitro benzene ring substituents is 1. The molecule has 0 saturated carbocycles. The molecule has 23 heavy (non-hydrogen) atoms. The van der Waals surface area contributed by atoms with Crippen molar-refractivity contribution in [2.75, 3.05) is 0 Å². The van der Waals surface area contributed by atoms with E-state index in [1.54, 1.807) is 18.2 Å². The van der Waals surface area contributed by atoms with Crippen molar-refractivity contribution in [1.82, 2.24) is 4.90 Å². The minimum atomic E-state index is -0.930. The second-order valence-electron chi connectivity index (χ2n) is 5.00. The Labute approximate surface area is 130 Å². The molecule has 114 valence electrons. The number of rotatable bonds is 3. The van der Waals surface area contributed by atoms with Crippen LogP contribution in [0.4, 0.5) is 5.69 Å². The van der Waals surface area contributed by atoms with Crippen molar-refractivity contribution in [3.8, 4) is 0 Å². The third kappa shape index (κ3) is 2.48. The van der Waals surface area contributed by atoms with Crippen LogP contribution in [0.15, 0.2) is 48.5 Å². The summed E-state index contributed by atoms with van der Waals surface area (Å²) >= 11 is 0. The maximum atomic E-state index is 12.4. The summed E-state index contributed by atoms with van der Waals surface area (Å²) in [5.74, 6) is -2.28. The average molecular weight is 310 g/mol. The van der Waals surface area contributed by atoms with E-state index >= 15 is 0 Å². The lowest BCUT2D eigenvalue weighted by Gasteiger charge is -2.25. The number of imide groups is 1. The summed E-state index contributed by atoms with van der Waals surface area (Å²) in [4.78, 5) is 47.7. The molecule has 0 unspecified atom stereocenters. The largest absolute Gasteiger partial charge is 0.302 e. The van der Waals surface area contributed by atoms with Crippen LogP contribution in [-0.2, 0) is 11.3 Å². The molecule has 2 aromatic carbocycles. The summed E-state index contributed by atoms with van der Waals surface area (Å²) in [7, 11) is 0. The highest BCUT2D eigenvalue weighted by atomic mass is 16.6. The molecule has 7 nitrogen and oxygen atoms in total. The molecule has 0 fully saturated rings. The van der Waals surface area contributed by atoms with Gasteiger partial charge in [0, 0.05) is 17.7 Å². The number of ketones is 1.